The molecular formula is C17H26F3IN4O. The number of nitrogens with zero attached hydrogens (tertiary/aromatic N) is 2. The van der Waals surface area contributed by atoms with Crippen molar-refractivity contribution in [1.29, 1.82) is 0 Å². The van der Waals surface area contributed by atoms with E-state index in [1.807, 2.05) is 30.3 Å². The highest BCUT2D eigenvalue weighted by Crippen LogP contribution is 2.20. The summed E-state index contributed by atoms with van der Waals surface area (Å²) in [6.45, 7) is 0.355. The highest BCUT2D eigenvalue weighted by molar-refractivity contribution is 14.0. The van der Waals surface area contributed by atoms with Crippen LogP contribution in [0.5, 0.6) is 0 Å². The van der Waals surface area contributed by atoms with Crippen LogP contribution < -0.4 is 10.6 Å². The second-order valence-corrected chi connectivity index (χ2v) is 6.22. The maximum atomic E-state index is 12.5. The average Bonchev–Trinajstić information content (AvgIpc) is 3.00. The van der Waals surface area contributed by atoms with Gasteiger partial charge in [-0.05, 0) is 12.0 Å². The Morgan fingerprint density at radius 1 is 1.35 bits per heavy atom. The third-order valence-electron chi connectivity index (χ3n) is 4.25. The molecule has 2 rings (SSSR count). The SMILES string of the molecule is CN=C(NCC(CO)c1ccccc1)NC1CCN(CC(F)(F)F)C1.I. The molecule has 2 unspecified atom stereocenters. The van der Waals surface area contributed by atoms with Crippen molar-refractivity contribution in [2.24, 2.45) is 4.99 Å². The molecule has 0 spiro atoms. The lowest BCUT2D eigenvalue weighted by Crippen LogP contribution is -2.46. The zero-order valence-electron chi connectivity index (χ0n) is 14.7. The van der Waals surface area contributed by atoms with E-state index in [-0.39, 0.29) is 42.5 Å². The topological polar surface area (TPSA) is 59.9 Å². The van der Waals surface area contributed by atoms with Gasteiger partial charge in [0.1, 0.15) is 0 Å². The quantitative estimate of drug-likeness (QED) is 0.328. The number of nitrogens with one attached hydrogen (secondary N) is 2. The van der Waals surface area contributed by atoms with Gasteiger partial charge in [0.05, 0.1) is 13.2 Å². The smallest absolute Gasteiger partial charge is 0.396 e. The van der Waals surface area contributed by atoms with Gasteiger partial charge in [-0.3, -0.25) is 9.89 Å². The molecule has 9 heteroatoms. The molecule has 1 heterocycles. The minimum Gasteiger partial charge on any atom is -0.396 e. The molecule has 0 radical (unpaired) electrons. The largest absolute Gasteiger partial charge is 0.401 e. The second kappa shape index (κ2) is 10.9. The summed E-state index contributed by atoms with van der Waals surface area (Å²) in [7, 11) is 1.62. The van der Waals surface area contributed by atoms with Gasteiger partial charge >= 0.3 is 6.18 Å². The number of aliphatic hydroxyl groups is 1. The van der Waals surface area contributed by atoms with E-state index in [1.54, 1.807) is 7.05 Å². The summed E-state index contributed by atoms with van der Waals surface area (Å²) in [5, 5.41) is 15.9. The van der Waals surface area contributed by atoms with E-state index < -0.39 is 12.7 Å². The Kier molecular flexibility index (Phi) is 9.66. The number of likely N-dealkylation sites (tertiary alicyclic amines) is 1. The van der Waals surface area contributed by atoms with Gasteiger partial charge in [-0.1, -0.05) is 30.3 Å². The Labute approximate surface area is 169 Å². The molecule has 1 fully saturated rings. The van der Waals surface area contributed by atoms with Crippen LogP contribution in [0.2, 0.25) is 0 Å². The summed E-state index contributed by atoms with van der Waals surface area (Å²) in [4.78, 5) is 5.52. The highest BCUT2D eigenvalue weighted by Gasteiger charge is 2.34. The number of aliphatic hydroxyl groups excluding tert-OH is 1. The summed E-state index contributed by atoms with van der Waals surface area (Å²) < 4.78 is 37.4. The molecule has 1 aliphatic heterocycles. The number of benzene rings is 1. The molecule has 0 aromatic heterocycles. The molecule has 1 aromatic rings. The molecule has 2 atom stereocenters. The molecule has 0 bridgehead atoms. The van der Waals surface area contributed by atoms with E-state index in [4.69, 9.17) is 0 Å². The highest BCUT2D eigenvalue weighted by atomic mass is 127. The maximum absolute atomic E-state index is 12.5. The van der Waals surface area contributed by atoms with Crippen molar-refractivity contribution in [1.82, 2.24) is 15.5 Å². The summed E-state index contributed by atoms with van der Waals surface area (Å²) in [6, 6.07) is 9.57. The fourth-order valence-electron chi connectivity index (χ4n) is 2.97. The number of alkyl halides is 3. The molecular weight excluding hydrogens is 460 g/mol. The molecule has 0 aliphatic carbocycles. The van der Waals surface area contributed by atoms with E-state index in [2.05, 4.69) is 15.6 Å². The molecule has 148 valence electrons. The van der Waals surface area contributed by atoms with E-state index >= 15 is 0 Å². The lowest BCUT2D eigenvalue weighted by Gasteiger charge is -2.21. The summed E-state index contributed by atoms with van der Waals surface area (Å²) in [6.07, 6.45) is -3.53. The van der Waals surface area contributed by atoms with Gasteiger partial charge in [0, 0.05) is 38.6 Å². The van der Waals surface area contributed by atoms with Gasteiger partial charge < -0.3 is 15.7 Å². The Hall–Kier alpha value is -1.07. The molecule has 0 amide bonds. The minimum absolute atomic E-state index is 0. The van der Waals surface area contributed by atoms with E-state index in [0.717, 1.165) is 5.56 Å². The number of hydrogen-bond acceptors (Lipinski definition) is 3. The number of hydrogen-bond donors (Lipinski definition) is 3. The van der Waals surface area contributed by atoms with Crippen molar-refractivity contribution >= 4 is 29.9 Å². The first-order chi connectivity index (χ1) is 11.9. The lowest BCUT2D eigenvalue weighted by atomic mass is 10.0. The normalized spacial score (nSPS) is 19.7. The van der Waals surface area contributed by atoms with Crippen molar-refractivity contribution in [3.05, 3.63) is 35.9 Å². The van der Waals surface area contributed by atoms with Gasteiger partial charge in [-0.15, -0.1) is 24.0 Å². The molecule has 0 saturated carbocycles. The Morgan fingerprint density at radius 2 is 2.04 bits per heavy atom. The Bertz CT molecular complexity index is 557. The van der Waals surface area contributed by atoms with Crippen molar-refractivity contribution in [2.45, 2.75) is 24.6 Å². The number of aliphatic imine (C=N–C) groups is 1. The lowest BCUT2D eigenvalue weighted by molar-refractivity contribution is -0.143. The first-order valence-electron chi connectivity index (χ1n) is 8.33. The van der Waals surface area contributed by atoms with Gasteiger partial charge in [-0.2, -0.15) is 13.2 Å². The van der Waals surface area contributed by atoms with Crippen molar-refractivity contribution in [3.63, 3.8) is 0 Å². The summed E-state index contributed by atoms with van der Waals surface area (Å²) in [5.41, 5.74) is 1.02. The fraction of sp³-hybridized carbons (Fsp3) is 0.588. The zero-order valence-corrected chi connectivity index (χ0v) is 17.0. The van der Waals surface area contributed by atoms with Gasteiger partial charge in [0.2, 0.25) is 0 Å². The Morgan fingerprint density at radius 3 is 2.62 bits per heavy atom. The van der Waals surface area contributed by atoms with E-state index in [9.17, 15) is 18.3 Å². The minimum atomic E-state index is -4.17. The van der Waals surface area contributed by atoms with Crippen molar-refractivity contribution in [2.75, 3.05) is 39.8 Å². The third kappa shape index (κ3) is 7.67. The monoisotopic (exact) mass is 486 g/mol. The standard InChI is InChI=1S/C17H25F3N4O.HI/c1-21-16(22-9-14(11-25)13-5-3-2-4-6-13)23-15-7-8-24(10-15)12-17(18,19)20;/h2-6,14-15,25H,7-12H2,1H3,(H2,21,22,23);1H. The van der Waals surface area contributed by atoms with Gasteiger partial charge in [-0.25, -0.2) is 0 Å². The Balaban J connectivity index is 0.00000338. The molecule has 5 nitrogen and oxygen atoms in total. The van der Waals surface area contributed by atoms with Crippen molar-refractivity contribution in [3.8, 4) is 0 Å². The average molecular weight is 486 g/mol. The van der Waals surface area contributed by atoms with Crippen LogP contribution in [0.25, 0.3) is 0 Å². The van der Waals surface area contributed by atoms with E-state index in [1.165, 1.54) is 4.90 Å². The first-order valence-corrected chi connectivity index (χ1v) is 8.33. The zero-order chi connectivity index (χ0) is 18.3. The number of halogens is 4. The van der Waals surface area contributed by atoms with Crippen LogP contribution in [0.4, 0.5) is 13.2 Å². The molecule has 1 aliphatic rings. The van der Waals surface area contributed by atoms with Crippen LogP contribution in [0.15, 0.2) is 35.3 Å². The van der Waals surface area contributed by atoms with Crippen LogP contribution in [0.1, 0.15) is 17.9 Å². The fourth-order valence-corrected chi connectivity index (χ4v) is 2.97. The predicted molar refractivity (Wildman–Crippen MR) is 107 cm³/mol. The molecule has 26 heavy (non-hydrogen) atoms. The molecule has 3 N–H and O–H groups in total. The van der Waals surface area contributed by atoms with Crippen LogP contribution >= 0.6 is 24.0 Å². The van der Waals surface area contributed by atoms with Gasteiger partial charge in [0.15, 0.2) is 5.96 Å². The van der Waals surface area contributed by atoms with Crippen LogP contribution in [0.3, 0.4) is 0 Å². The first kappa shape index (κ1) is 23.0. The molecule has 1 saturated heterocycles. The van der Waals surface area contributed by atoms with Crippen LogP contribution in [-0.4, -0.2) is 68.0 Å². The number of guanidine groups is 1. The summed E-state index contributed by atoms with van der Waals surface area (Å²) >= 11 is 0. The molecule has 1 aromatic carbocycles. The van der Waals surface area contributed by atoms with Gasteiger partial charge in [0.25, 0.3) is 0 Å². The second-order valence-electron chi connectivity index (χ2n) is 6.22. The third-order valence-corrected chi connectivity index (χ3v) is 4.25. The van der Waals surface area contributed by atoms with Crippen LogP contribution in [-0.2, 0) is 0 Å². The van der Waals surface area contributed by atoms with Crippen molar-refractivity contribution < 1.29 is 18.3 Å². The van der Waals surface area contributed by atoms with Crippen LogP contribution in [0, 0.1) is 0 Å². The summed E-state index contributed by atoms with van der Waals surface area (Å²) in [5.74, 6) is 0.457. The maximum Gasteiger partial charge on any atom is 0.401 e. The predicted octanol–water partition coefficient (Wildman–Crippen LogP) is 2.18. The number of rotatable bonds is 6. The van der Waals surface area contributed by atoms with E-state index in [0.29, 0.717) is 32.0 Å².